The number of nitrogens with zero attached hydrogens (tertiary/aromatic N) is 1. The Morgan fingerprint density at radius 1 is 0.886 bits per heavy atom. The molecule has 1 aliphatic heterocycles. The van der Waals surface area contributed by atoms with E-state index in [-0.39, 0.29) is 46.8 Å². The molecule has 0 unspecified atom stereocenters. The minimum atomic E-state index is -3.94. The van der Waals surface area contributed by atoms with Gasteiger partial charge in [-0.15, -0.1) is 0 Å². The standard InChI is InChI=1S/C33H29N3O5S2.Na.H/c1-3-41-28-16-12-26(13-17-28)25-10-6-23(7-11-25)20-30-32(38)35-33(42-30)34-27-14-8-24(9-15-27)21-31(37)36-43(39,40)29-18-4-22(2)5-19-29;;/h4-20H,3,21H2,1-2H3,(H,36,37)(H,34,35,38);;/b30-20+;;. The molecule has 0 aliphatic carbocycles. The Morgan fingerprint density at radius 2 is 1.50 bits per heavy atom. The van der Waals surface area contributed by atoms with Crippen molar-refractivity contribution in [3.63, 3.8) is 0 Å². The van der Waals surface area contributed by atoms with Gasteiger partial charge in [0, 0.05) is 5.69 Å². The molecular weight excluding hydrogens is 606 g/mol. The van der Waals surface area contributed by atoms with Crippen LogP contribution >= 0.6 is 11.8 Å². The summed E-state index contributed by atoms with van der Waals surface area (Å²) in [4.78, 5) is 29.6. The number of amides is 2. The van der Waals surface area contributed by atoms with Gasteiger partial charge < -0.3 is 10.1 Å². The van der Waals surface area contributed by atoms with Gasteiger partial charge in [-0.1, -0.05) is 66.2 Å². The first-order valence-corrected chi connectivity index (χ1v) is 15.8. The van der Waals surface area contributed by atoms with Crippen molar-refractivity contribution in [3.05, 3.63) is 119 Å². The monoisotopic (exact) mass is 635 g/mol. The van der Waals surface area contributed by atoms with Crippen LogP contribution in [-0.2, 0) is 26.0 Å². The molecule has 4 aromatic rings. The van der Waals surface area contributed by atoms with Crippen LogP contribution in [0.3, 0.4) is 0 Å². The number of carbonyl (C=O) groups is 2. The Hall–Kier alpha value is -3.67. The Labute approximate surface area is 283 Å². The van der Waals surface area contributed by atoms with Crippen molar-refractivity contribution in [3.8, 4) is 16.9 Å². The molecule has 1 heterocycles. The number of anilines is 1. The van der Waals surface area contributed by atoms with E-state index in [1.54, 1.807) is 42.5 Å². The van der Waals surface area contributed by atoms with Gasteiger partial charge in [-0.2, -0.15) is 4.99 Å². The number of aliphatic imine (C=N–C) groups is 1. The van der Waals surface area contributed by atoms with E-state index in [1.165, 1.54) is 23.9 Å². The third kappa shape index (κ3) is 8.71. The van der Waals surface area contributed by atoms with Crippen LogP contribution in [0.5, 0.6) is 5.75 Å². The summed E-state index contributed by atoms with van der Waals surface area (Å²) in [6.45, 7) is 4.43. The topological polar surface area (TPSA) is 114 Å². The molecule has 0 spiro atoms. The van der Waals surface area contributed by atoms with Gasteiger partial charge in [-0.05, 0) is 90.3 Å². The molecule has 2 N–H and O–H groups in total. The second kappa shape index (κ2) is 14.9. The van der Waals surface area contributed by atoms with Crippen LogP contribution in [0.2, 0.25) is 0 Å². The molecule has 0 fully saturated rings. The van der Waals surface area contributed by atoms with Crippen molar-refractivity contribution in [2.75, 3.05) is 11.9 Å². The number of amidine groups is 1. The van der Waals surface area contributed by atoms with E-state index in [0.29, 0.717) is 27.9 Å². The number of carbonyl (C=O) groups excluding carboxylic acids is 2. The van der Waals surface area contributed by atoms with Gasteiger partial charge in [-0.3, -0.25) is 9.59 Å². The van der Waals surface area contributed by atoms with Crippen molar-refractivity contribution in [2.24, 2.45) is 4.99 Å². The van der Waals surface area contributed by atoms with E-state index in [1.807, 2.05) is 62.4 Å². The van der Waals surface area contributed by atoms with Crippen LogP contribution in [0.25, 0.3) is 17.2 Å². The number of nitrogens with one attached hydrogen (secondary N) is 2. The fourth-order valence-corrected chi connectivity index (χ4v) is 6.09. The normalized spacial score (nSPS) is 13.6. The molecule has 0 saturated heterocycles. The van der Waals surface area contributed by atoms with Crippen molar-refractivity contribution in [1.29, 1.82) is 0 Å². The SMILES string of the molecule is CCOc1ccc(-c2ccc(/C=C3/SC(Nc4ccc(CC(=O)NS(=O)(=O)c5ccc(C)cc5)cc4)=NC3=O)cc2)cc1.[NaH]. The predicted molar refractivity (Wildman–Crippen MR) is 178 cm³/mol. The van der Waals surface area contributed by atoms with Gasteiger partial charge in [0.05, 0.1) is 22.8 Å². The summed E-state index contributed by atoms with van der Waals surface area (Å²) < 4.78 is 32.6. The first kappa shape index (κ1) is 33.2. The molecule has 5 rings (SSSR count). The van der Waals surface area contributed by atoms with E-state index >= 15 is 0 Å². The molecule has 0 saturated carbocycles. The average molecular weight is 636 g/mol. The first-order valence-electron chi connectivity index (χ1n) is 13.5. The fourth-order valence-electron chi connectivity index (χ4n) is 4.27. The van der Waals surface area contributed by atoms with Crippen molar-refractivity contribution in [2.45, 2.75) is 25.2 Å². The molecule has 4 aromatic carbocycles. The number of rotatable bonds is 9. The fraction of sp³-hybridized carbons (Fsp3) is 0.121. The second-order valence-electron chi connectivity index (χ2n) is 9.75. The van der Waals surface area contributed by atoms with E-state index in [4.69, 9.17) is 4.74 Å². The molecule has 0 atom stereocenters. The van der Waals surface area contributed by atoms with Crippen LogP contribution in [0.15, 0.2) is 112 Å². The van der Waals surface area contributed by atoms with Crippen molar-refractivity contribution < 1.29 is 22.7 Å². The Bertz CT molecular complexity index is 1800. The van der Waals surface area contributed by atoms with Crippen molar-refractivity contribution in [1.82, 2.24) is 4.72 Å². The summed E-state index contributed by atoms with van der Waals surface area (Å²) in [6, 6.07) is 29.0. The molecule has 220 valence electrons. The molecule has 0 bridgehead atoms. The van der Waals surface area contributed by atoms with E-state index < -0.39 is 15.9 Å². The maximum absolute atomic E-state index is 12.5. The van der Waals surface area contributed by atoms with Crippen LogP contribution in [0.1, 0.15) is 23.6 Å². The molecule has 0 radical (unpaired) electrons. The molecule has 2 amide bonds. The Balaban J connectivity index is 0.00000442. The van der Waals surface area contributed by atoms with Crippen LogP contribution in [0.4, 0.5) is 5.69 Å². The van der Waals surface area contributed by atoms with Gasteiger partial charge in [-0.25, -0.2) is 13.1 Å². The molecule has 44 heavy (non-hydrogen) atoms. The number of thioether (sulfide) groups is 1. The molecule has 1 aliphatic rings. The van der Waals surface area contributed by atoms with Crippen LogP contribution in [-0.4, -0.2) is 61.6 Å². The maximum atomic E-state index is 12.5. The number of ether oxygens (including phenoxy) is 1. The van der Waals surface area contributed by atoms with Gasteiger partial charge in [0.15, 0.2) is 5.17 Å². The second-order valence-corrected chi connectivity index (χ2v) is 12.5. The summed E-state index contributed by atoms with van der Waals surface area (Å²) in [5, 5.41) is 3.56. The summed E-state index contributed by atoms with van der Waals surface area (Å²) in [5.74, 6) is -0.129. The number of hydrogen-bond acceptors (Lipinski definition) is 7. The van der Waals surface area contributed by atoms with Gasteiger partial charge >= 0.3 is 29.6 Å². The summed E-state index contributed by atoms with van der Waals surface area (Å²) in [7, 11) is -3.94. The number of benzene rings is 4. The van der Waals surface area contributed by atoms with Crippen molar-refractivity contribution >= 4 is 80.1 Å². The quantitative estimate of drug-likeness (QED) is 0.183. The summed E-state index contributed by atoms with van der Waals surface area (Å²) in [5.41, 5.74) is 5.24. The Kier molecular flexibility index (Phi) is 11.2. The first-order chi connectivity index (χ1) is 20.7. The van der Waals surface area contributed by atoms with Gasteiger partial charge in [0.1, 0.15) is 5.75 Å². The minimum absolute atomic E-state index is 0. The number of sulfonamides is 1. The summed E-state index contributed by atoms with van der Waals surface area (Å²) >= 11 is 1.24. The number of aryl methyl sites for hydroxylation is 1. The average Bonchev–Trinajstić information content (AvgIpc) is 3.33. The predicted octanol–water partition coefficient (Wildman–Crippen LogP) is 5.54. The Morgan fingerprint density at radius 3 is 2.11 bits per heavy atom. The zero-order valence-electron chi connectivity index (χ0n) is 23.5. The number of hydrogen-bond donors (Lipinski definition) is 2. The zero-order valence-corrected chi connectivity index (χ0v) is 25.2. The zero-order chi connectivity index (χ0) is 30.4. The van der Waals surface area contributed by atoms with E-state index in [2.05, 4.69) is 15.0 Å². The van der Waals surface area contributed by atoms with Gasteiger partial charge in [0.2, 0.25) is 5.91 Å². The third-order valence-corrected chi connectivity index (χ3v) is 8.77. The molecule has 11 heteroatoms. The molecule has 8 nitrogen and oxygen atoms in total. The van der Waals surface area contributed by atoms with Gasteiger partial charge in [0.25, 0.3) is 15.9 Å². The third-order valence-electron chi connectivity index (χ3n) is 6.48. The molecular formula is C33H30N3NaO5S2. The van der Waals surface area contributed by atoms with Crippen LogP contribution < -0.4 is 14.8 Å². The summed E-state index contributed by atoms with van der Waals surface area (Å²) in [6.07, 6.45) is 1.70. The van der Waals surface area contributed by atoms with E-state index in [9.17, 15) is 18.0 Å². The van der Waals surface area contributed by atoms with Crippen LogP contribution in [0, 0.1) is 6.92 Å². The van der Waals surface area contributed by atoms with E-state index in [0.717, 1.165) is 28.0 Å². The molecule has 0 aromatic heterocycles.